The molecule has 1 atom stereocenters. The van der Waals surface area contributed by atoms with E-state index in [1.807, 2.05) is 25.9 Å². The second-order valence-electron chi connectivity index (χ2n) is 4.68. The lowest BCUT2D eigenvalue weighted by molar-refractivity contribution is -0.384. The number of hydrogen-bond donors (Lipinski definition) is 1. The molecule has 1 aromatic rings. The first-order valence-corrected chi connectivity index (χ1v) is 6.65. The van der Waals surface area contributed by atoms with Crippen LogP contribution in [0.4, 0.5) is 15.8 Å². The van der Waals surface area contributed by atoms with E-state index < -0.39 is 10.7 Å². The largest absolute Gasteiger partial charge is 0.377 e. The molecule has 0 amide bonds. The smallest absolute Gasteiger partial charge is 0.295 e. The van der Waals surface area contributed by atoms with E-state index >= 15 is 0 Å². The molecule has 19 heavy (non-hydrogen) atoms. The molecular weight excluding hydrogens is 317 g/mol. The van der Waals surface area contributed by atoms with Gasteiger partial charge in [-0.15, -0.1) is 0 Å². The summed E-state index contributed by atoms with van der Waals surface area (Å²) in [6, 6.07) is 2.38. The first-order valence-electron chi connectivity index (χ1n) is 5.86. The summed E-state index contributed by atoms with van der Waals surface area (Å²) in [4.78, 5) is 12.4. The van der Waals surface area contributed by atoms with Gasteiger partial charge in [0.1, 0.15) is 11.5 Å². The van der Waals surface area contributed by atoms with Gasteiger partial charge in [-0.1, -0.05) is 0 Å². The third-order valence-electron chi connectivity index (χ3n) is 2.65. The zero-order valence-corrected chi connectivity index (χ0v) is 12.7. The lowest BCUT2D eigenvalue weighted by Crippen LogP contribution is -2.23. The van der Waals surface area contributed by atoms with Crippen LogP contribution in [0.15, 0.2) is 16.6 Å². The Hall–Kier alpha value is -1.21. The standard InChI is InChI=1S/C12H17BrFN3O2/c1-8(4-5-16(2)3)15-11-6-9(13)10(14)7-12(11)17(18)19/h6-8,15H,4-5H2,1-3H3. The molecule has 7 heteroatoms. The van der Waals surface area contributed by atoms with Crippen molar-refractivity contribution in [1.82, 2.24) is 4.90 Å². The van der Waals surface area contributed by atoms with Crippen LogP contribution in [0.1, 0.15) is 13.3 Å². The van der Waals surface area contributed by atoms with Crippen LogP contribution in [0.3, 0.4) is 0 Å². The summed E-state index contributed by atoms with van der Waals surface area (Å²) in [5.41, 5.74) is 0.0712. The first kappa shape index (κ1) is 15.8. The highest BCUT2D eigenvalue weighted by Gasteiger charge is 2.18. The van der Waals surface area contributed by atoms with Crippen molar-refractivity contribution in [3.63, 3.8) is 0 Å². The van der Waals surface area contributed by atoms with Crippen molar-refractivity contribution in [2.75, 3.05) is 26.0 Å². The van der Waals surface area contributed by atoms with Crippen molar-refractivity contribution in [2.24, 2.45) is 0 Å². The highest BCUT2D eigenvalue weighted by Crippen LogP contribution is 2.31. The number of rotatable bonds is 6. The van der Waals surface area contributed by atoms with Crippen LogP contribution in [-0.2, 0) is 0 Å². The maximum Gasteiger partial charge on any atom is 0.295 e. The molecule has 0 radical (unpaired) electrons. The molecule has 106 valence electrons. The van der Waals surface area contributed by atoms with Crippen LogP contribution in [-0.4, -0.2) is 36.5 Å². The fourth-order valence-corrected chi connectivity index (χ4v) is 1.94. The van der Waals surface area contributed by atoms with Crippen molar-refractivity contribution in [2.45, 2.75) is 19.4 Å². The SMILES string of the molecule is CC(CCN(C)C)Nc1cc(Br)c(F)cc1[N+](=O)[O-]. The Labute approximate surface area is 120 Å². The highest BCUT2D eigenvalue weighted by molar-refractivity contribution is 9.10. The lowest BCUT2D eigenvalue weighted by Gasteiger charge is -2.18. The minimum absolute atomic E-state index is 0.0541. The quantitative estimate of drug-likeness (QED) is 0.641. The molecular formula is C12H17BrFN3O2. The number of anilines is 1. The molecule has 0 spiro atoms. The zero-order valence-electron chi connectivity index (χ0n) is 11.1. The molecule has 1 N–H and O–H groups in total. The summed E-state index contributed by atoms with van der Waals surface area (Å²) in [5.74, 6) is -0.641. The summed E-state index contributed by atoms with van der Waals surface area (Å²) < 4.78 is 13.5. The second kappa shape index (κ2) is 6.81. The second-order valence-corrected chi connectivity index (χ2v) is 5.53. The molecule has 0 aromatic heterocycles. The van der Waals surface area contributed by atoms with Gasteiger partial charge < -0.3 is 10.2 Å². The molecule has 0 saturated carbocycles. The zero-order chi connectivity index (χ0) is 14.6. The Morgan fingerprint density at radius 3 is 2.68 bits per heavy atom. The van der Waals surface area contributed by atoms with Gasteiger partial charge in [0, 0.05) is 6.04 Å². The predicted octanol–water partition coefficient (Wildman–Crippen LogP) is 3.25. The Balaban J connectivity index is 2.87. The minimum Gasteiger partial charge on any atom is -0.377 e. The summed E-state index contributed by atoms with van der Waals surface area (Å²) in [6.45, 7) is 2.80. The van der Waals surface area contributed by atoms with E-state index in [2.05, 4.69) is 21.2 Å². The monoisotopic (exact) mass is 333 g/mol. The number of nitro benzene ring substituents is 1. The molecule has 0 fully saturated rings. The molecule has 0 heterocycles. The number of nitro groups is 1. The average molecular weight is 334 g/mol. The number of halogens is 2. The Morgan fingerprint density at radius 2 is 2.16 bits per heavy atom. The van der Waals surface area contributed by atoms with Crippen LogP contribution in [0.25, 0.3) is 0 Å². The van der Waals surface area contributed by atoms with Crippen LogP contribution < -0.4 is 5.32 Å². The van der Waals surface area contributed by atoms with Crippen LogP contribution >= 0.6 is 15.9 Å². The number of nitrogens with one attached hydrogen (secondary N) is 1. The fourth-order valence-electron chi connectivity index (χ4n) is 1.59. The van der Waals surface area contributed by atoms with Gasteiger partial charge in [0.15, 0.2) is 0 Å². The molecule has 0 aliphatic rings. The van der Waals surface area contributed by atoms with E-state index in [0.717, 1.165) is 19.0 Å². The average Bonchev–Trinajstić information content (AvgIpc) is 2.30. The molecule has 0 aliphatic heterocycles. The van der Waals surface area contributed by atoms with E-state index in [0.29, 0.717) is 5.69 Å². The van der Waals surface area contributed by atoms with E-state index in [1.54, 1.807) is 0 Å². The van der Waals surface area contributed by atoms with E-state index in [1.165, 1.54) is 6.07 Å². The van der Waals surface area contributed by atoms with Gasteiger partial charge in [0.05, 0.1) is 15.5 Å². The van der Waals surface area contributed by atoms with Gasteiger partial charge in [-0.3, -0.25) is 10.1 Å². The molecule has 1 aromatic carbocycles. The Morgan fingerprint density at radius 1 is 1.53 bits per heavy atom. The lowest BCUT2D eigenvalue weighted by atomic mass is 10.2. The number of hydrogen-bond acceptors (Lipinski definition) is 4. The molecule has 0 saturated heterocycles. The maximum absolute atomic E-state index is 13.3. The summed E-state index contributed by atoms with van der Waals surface area (Å²) in [5, 5.41) is 14.0. The van der Waals surface area contributed by atoms with Crippen molar-refractivity contribution in [3.05, 3.63) is 32.5 Å². The van der Waals surface area contributed by atoms with E-state index in [9.17, 15) is 14.5 Å². The topological polar surface area (TPSA) is 58.4 Å². The third-order valence-corrected chi connectivity index (χ3v) is 3.25. The Bertz CT molecular complexity index is 469. The highest BCUT2D eigenvalue weighted by atomic mass is 79.9. The van der Waals surface area contributed by atoms with Gasteiger partial charge in [-0.25, -0.2) is 4.39 Å². The molecule has 5 nitrogen and oxygen atoms in total. The maximum atomic E-state index is 13.3. The van der Waals surface area contributed by atoms with Crippen molar-refractivity contribution in [1.29, 1.82) is 0 Å². The molecule has 1 rings (SSSR count). The normalized spacial score (nSPS) is 12.5. The van der Waals surface area contributed by atoms with E-state index in [4.69, 9.17) is 0 Å². The number of benzene rings is 1. The van der Waals surface area contributed by atoms with Crippen LogP contribution in [0.5, 0.6) is 0 Å². The van der Waals surface area contributed by atoms with Gasteiger partial charge >= 0.3 is 0 Å². The van der Waals surface area contributed by atoms with Gasteiger partial charge in [-0.05, 0) is 56.0 Å². The van der Waals surface area contributed by atoms with Gasteiger partial charge in [0.2, 0.25) is 0 Å². The summed E-state index contributed by atoms with van der Waals surface area (Å²) in [6.07, 6.45) is 0.832. The summed E-state index contributed by atoms with van der Waals surface area (Å²) in [7, 11) is 3.92. The predicted molar refractivity (Wildman–Crippen MR) is 77.0 cm³/mol. The van der Waals surface area contributed by atoms with Crippen LogP contribution in [0.2, 0.25) is 0 Å². The fraction of sp³-hybridized carbons (Fsp3) is 0.500. The van der Waals surface area contributed by atoms with Crippen LogP contribution in [0, 0.1) is 15.9 Å². The van der Waals surface area contributed by atoms with Gasteiger partial charge in [0.25, 0.3) is 5.69 Å². The first-order chi connectivity index (χ1) is 8.81. The van der Waals surface area contributed by atoms with Crippen molar-refractivity contribution < 1.29 is 9.31 Å². The minimum atomic E-state index is -0.641. The Kier molecular flexibility index (Phi) is 5.68. The molecule has 0 aliphatic carbocycles. The number of nitrogens with zero attached hydrogens (tertiary/aromatic N) is 2. The molecule has 0 bridgehead atoms. The third kappa shape index (κ3) is 4.76. The van der Waals surface area contributed by atoms with Gasteiger partial charge in [-0.2, -0.15) is 0 Å². The van der Waals surface area contributed by atoms with E-state index in [-0.39, 0.29) is 16.2 Å². The van der Waals surface area contributed by atoms with Crippen molar-refractivity contribution in [3.8, 4) is 0 Å². The summed E-state index contributed by atoms with van der Waals surface area (Å²) >= 11 is 3.04. The molecule has 1 unspecified atom stereocenters. The van der Waals surface area contributed by atoms with Crippen molar-refractivity contribution >= 4 is 27.3 Å².